The first-order valence-corrected chi connectivity index (χ1v) is 7.11. The van der Waals surface area contributed by atoms with Gasteiger partial charge in [-0.3, -0.25) is 0 Å². The molecule has 1 aliphatic rings. The van der Waals surface area contributed by atoms with Gasteiger partial charge in [0.05, 0.1) is 16.4 Å². The number of benzene rings is 1. The van der Waals surface area contributed by atoms with Crippen LogP contribution in [-0.4, -0.2) is 15.8 Å². The number of halogens is 1. The topological polar surface area (TPSA) is 43.8 Å². The van der Waals surface area contributed by atoms with Crippen LogP contribution in [0, 0.1) is 0 Å². The second-order valence-electron chi connectivity index (χ2n) is 5.43. The highest BCUT2D eigenvalue weighted by Gasteiger charge is 2.26. The molecule has 100 valence electrons. The first-order chi connectivity index (χ1) is 9.13. The Hall–Kier alpha value is -1.32. The minimum atomic E-state index is 0.146. The van der Waals surface area contributed by atoms with Gasteiger partial charge in [-0.2, -0.15) is 5.10 Å². The van der Waals surface area contributed by atoms with E-state index in [4.69, 9.17) is 17.3 Å². The molecule has 2 N–H and O–H groups in total. The van der Waals surface area contributed by atoms with Gasteiger partial charge in [0.2, 0.25) is 0 Å². The molecule has 0 spiro atoms. The van der Waals surface area contributed by atoms with Gasteiger partial charge in [-0.25, -0.2) is 4.68 Å². The number of hydrogen-bond donors (Lipinski definition) is 1. The van der Waals surface area contributed by atoms with E-state index in [1.807, 2.05) is 29.9 Å². The predicted octanol–water partition coefficient (Wildman–Crippen LogP) is 3.29. The van der Waals surface area contributed by atoms with Gasteiger partial charge < -0.3 is 5.73 Å². The second-order valence-corrected chi connectivity index (χ2v) is 5.83. The standard InChI is InChI=1S/C15H18ClN3/c1-10(17)8-11-2-5-15(13(16)9-11)19-7-6-14(18-19)12-3-4-12/h2,5-7,9-10,12H,3-4,8,17H2,1H3. The summed E-state index contributed by atoms with van der Waals surface area (Å²) in [6.07, 6.45) is 5.35. The number of hydrogen-bond acceptors (Lipinski definition) is 2. The third-order valence-electron chi connectivity index (χ3n) is 3.42. The molecule has 0 radical (unpaired) electrons. The molecule has 4 heteroatoms. The Balaban J connectivity index is 1.86. The van der Waals surface area contributed by atoms with Crippen LogP contribution in [0.1, 0.15) is 36.9 Å². The maximum atomic E-state index is 6.35. The maximum absolute atomic E-state index is 6.35. The van der Waals surface area contributed by atoms with Gasteiger partial charge in [-0.05, 0) is 49.9 Å². The average Bonchev–Trinajstić information content (AvgIpc) is 3.08. The summed E-state index contributed by atoms with van der Waals surface area (Å²) in [7, 11) is 0. The van der Waals surface area contributed by atoms with Crippen molar-refractivity contribution in [2.45, 2.75) is 38.1 Å². The summed E-state index contributed by atoms with van der Waals surface area (Å²) in [5.74, 6) is 0.664. The van der Waals surface area contributed by atoms with E-state index >= 15 is 0 Å². The number of rotatable bonds is 4. The van der Waals surface area contributed by atoms with E-state index in [1.54, 1.807) is 0 Å². The van der Waals surface area contributed by atoms with E-state index in [2.05, 4.69) is 17.2 Å². The molecule has 1 fully saturated rings. The molecule has 1 unspecified atom stereocenters. The fourth-order valence-electron chi connectivity index (χ4n) is 2.30. The Labute approximate surface area is 118 Å². The minimum Gasteiger partial charge on any atom is -0.328 e. The molecule has 1 heterocycles. The molecule has 2 aromatic rings. The van der Waals surface area contributed by atoms with Crippen molar-refractivity contribution < 1.29 is 0 Å². The fraction of sp³-hybridized carbons (Fsp3) is 0.400. The van der Waals surface area contributed by atoms with Crippen molar-refractivity contribution in [1.82, 2.24) is 9.78 Å². The summed E-state index contributed by atoms with van der Waals surface area (Å²) in [6.45, 7) is 2.00. The van der Waals surface area contributed by atoms with Crippen molar-refractivity contribution in [3.63, 3.8) is 0 Å². The van der Waals surface area contributed by atoms with Gasteiger partial charge in [0.25, 0.3) is 0 Å². The van der Waals surface area contributed by atoms with Gasteiger partial charge in [0.15, 0.2) is 0 Å². The molecule has 0 amide bonds. The van der Waals surface area contributed by atoms with Crippen molar-refractivity contribution in [3.05, 3.63) is 46.7 Å². The molecule has 3 rings (SSSR count). The van der Waals surface area contributed by atoms with Crippen molar-refractivity contribution in [3.8, 4) is 5.69 Å². The molecule has 1 saturated carbocycles. The normalized spacial score (nSPS) is 16.6. The lowest BCUT2D eigenvalue weighted by Crippen LogP contribution is -2.17. The maximum Gasteiger partial charge on any atom is 0.0832 e. The van der Waals surface area contributed by atoms with Crippen LogP contribution in [0.3, 0.4) is 0 Å². The number of aromatic nitrogens is 2. The lowest BCUT2D eigenvalue weighted by Gasteiger charge is -2.09. The van der Waals surface area contributed by atoms with Crippen LogP contribution in [-0.2, 0) is 6.42 Å². The molecule has 0 saturated heterocycles. The molecular formula is C15H18ClN3. The summed E-state index contributed by atoms with van der Waals surface area (Å²) >= 11 is 6.35. The van der Waals surface area contributed by atoms with Crippen LogP contribution in [0.5, 0.6) is 0 Å². The Kier molecular flexibility index (Phi) is 3.33. The Morgan fingerprint density at radius 1 is 1.42 bits per heavy atom. The molecule has 1 aromatic carbocycles. The minimum absolute atomic E-state index is 0.146. The van der Waals surface area contributed by atoms with Crippen LogP contribution < -0.4 is 5.73 Å². The predicted molar refractivity (Wildman–Crippen MR) is 77.9 cm³/mol. The van der Waals surface area contributed by atoms with Crippen LogP contribution in [0.4, 0.5) is 0 Å². The number of nitrogens with zero attached hydrogens (tertiary/aromatic N) is 2. The largest absolute Gasteiger partial charge is 0.328 e. The third-order valence-corrected chi connectivity index (χ3v) is 3.72. The fourth-order valence-corrected chi connectivity index (χ4v) is 2.59. The van der Waals surface area contributed by atoms with Gasteiger partial charge in [-0.1, -0.05) is 17.7 Å². The van der Waals surface area contributed by atoms with Crippen molar-refractivity contribution in [2.75, 3.05) is 0 Å². The lowest BCUT2D eigenvalue weighted by atomic mass is 10.1. The van der Waals surface area contributed by atoms with Crippen molar-refractivity contribution in [1.29, 1.82) is 0 Å². The van der Waals surface area contributed by atoms with Gasteiger partial charge in [0, 0.05) is 18.2 Å². The molecule has 1 atom stereocenters. The third kappa shape index (κ3) is 2.82. The zero-order chi connectivity index (χ0) is 13.4. The quantitative estimate of drug-likeness (QED) is 0.930. The molecule has 1 aromatic heterocycles. The summed E-state index contributed by atoms with van der Waals surface area (Å²) in [5.41, 5.74) is 9.08. The Morgan fingerprint density at radius 2 is 2.21 bits per heavy atom. The van der Waals surface area contributed by atoms with Crippen LogP contribution in [0.15, 0.2) is 30.5 Å². The van der Waals surface area contributed by atoms with E-state index in [1.165, 1.54) is 24.1 Å². The van der Waals surface area contributed by atoms with E-state index < -0.39 is 0 Å². The molecule has 0 bridgehead atoms. The highest BCUT2D eigenvalue weighted by atomic mass is 35.5. The van der Waals surface area contributed by atoms with Crippen LogP contribution in [0.25, 0.3) is 5.69 Å². The van der Waals surface area contributed by atoms with Crippen molar-refractivity contribution in [2.24, 2.45) is 5.73 Å². The van der Waals surface area contributed by atoms with E-state index in [-0.39, 0.29) is 6.04 Å². The first-order valence-electron chi connectivity index (χ1n) is 6.73. The smallest absolute Gasteiger partial charge is 0.0832 e. The average molecular weight is 276 g/mol. The molecule has 0 aliphatic heterocycles. The first kappa shape index (κ1) is 12.7. The second kappa shape index (κ2) is 4.99. The number of nitrogens with two attached hydrogens (primary N) is 1. The Bertz CT molecular complexity index is 585. The molecular weight excluding hydrogens is 258 g/mol. The van der Waals surface area contributed by atoms with E-state index in [9.17, 15) is 0 Å². The summed E-state index contributed by atoms with van der Waals surface area (Å²) in [4.78, 5) is 0. The zero-order valence-electron chi connectivity index (χ0n) is 11.0. The van der Waals surface area contributed by atoms with Crippen molar-refractivity contribution >= 4 is 11.6 Å². The van der Waals surface area contributed by atoms with Gasteiger partial charge in [-0.15, -0.1) is 0 Å². The van der Waals surface area contributed by atoms with Gasteiger partial charge in [0.1, 0.15) is 0 Å². The van der Waals surface area contributed by atoms with Crippen LogP contribution >= 0.6 is 11.6 Å². The summed E-state index contributed by atoms with van der Waals surface area (Å²) < 4.78 is 1.87. The summed E-state index contributed by atoms with van der Waals surface area (Å²) in [5, 5.41) is 5.33. The molecule has 19 heavy (non-hydrogen) atoms. The van der Waals surface area contributed by atoms with Gasteiger partial charge >= 0.3 is 0 Å². The Morgan fingerprint density at radius 3 is 2.84 bits per heavy atom. The monoisotopic (exact) mass is 275 g/mol. The van der Waals surface area contributed by atoms with Crippen LogP contribution in [0.2, 0.25) is 5.02 Å². The van der Waals surface area contributed by atoms with E-state index in [0.29, 0.717) is 5.92 Å². The SMILES string of the molecule is CC(N)Cc1ccc(-n2ccc(C3CC3)n2)c(Cl)c1. The highest BCUT2D eigenvalue weighted by molar-refractivity contribution is 6.32. The zero-order valence-corrected chi connectivity index (χ0v) is 11.8. The lowest BCUT2D eigenvalue weighted by molar-refractivity contribution is 0.737. The molecule has 3 nitrogen and oxygen atoms in total. The highest BCUT2D eigenvalue weighted by Crippen LogP contribution is 2.39. The molecule has 1 aliphatic carbocycles. The summed E-state index contributed by atoms with van der Waals surface area (Å²) in [6, 6.07) is 8.31. The van der Waals surface area contributed by atoms with E-state index in [0.717, 1.165) is 17.1 Å².